The van der Waals surface area contributed by atoms with E-state index in [1.54, 1.807) is 0 Å². The summed E-state index contributed by atoms with van der Waals surface area (Å²) in [5, 5.41) is 5.67. The quantitative estimate of drug-likeness (QED) is 0.489. The van der Waals surface area contributed by atoms with Gasteiger partial charge in [-0.3, -0.25) is 9.69 Å². The smallest absolute Gasteiger partial charge is 0.252 e. The van der Waals surface area contributed by atoms with Gasteiger partial charge in [-0.1, -0.05) is 30.3 Å². The van der Waals surface area contributed by atoms with Crippen LogP contribution in [-0.2, 0) is 5.54 Å². The van der Waals surface area contributed by atoms with Crippen molar-refractivity contribution in [1.29, 1.82) is 0 Å². The number of nitrogens with one attached hydrogen (secondary N) is 1. The number of carbonyl (C=O) groups is 1. The number of fused-ring (bicyclic) bond motifs is 1. The number of benzene rings is 3. The van der Waals surface area contributed by atoms with Crippen molar-refractivity contribution in [3.05, 3.63) is 71.3 Å². The van der Waals surface area contributed by atoms with Gasteiger partial charge in [-0.2, -0.15) is 0 Å². The summed E-state index contributed by atoms with van der Waals surface area (Å²) in [5.41, 5.74) is 2.38. The number of rotatable bonds is 8. The second-order valence-corrected chi connectivity index (χ2v) is 10.1. The van der Waals surface area contributed by atoms with E-state index in [2.05, 4.69) is 47.6 Å². The van der Waals surface area contributed by atoms with Crippen molar-refractivity contribution < 1.29 is 14.3 Å². The molecule has 2 aliphatic rings. The van der Waals surface area contributed by atoms with Crippen LogP contribution in [0.15, 0.2) is 54.6 Å². The molecule has 0 radical (unpaired) electrons. The molecule has 1 aliphatic heterocycles. The van der Waals surface area contributed by atoms with Crippen LogP contribution in [0.4, 0.5) is 0 Å². The lowest BCUT2D eigenvalue weighted by Crippen LogP contribution is -2.48. The van der Waals surface area contributed by atoms with E-state index < -0.39 is 0 Å². The third-order valence-electron chi connectivity index (χ3n) is 7.16. The molecule has 1 unspecified atom stereocenters. The minimum atomic E-state index is -0.370. The number of nitrogens with zero attached hydrogens (tertiary/aromatic N) is 1. The zero-order valence-corrected chi connectivity index (χ0v) is 20.6. The van der Waals surface area contributed by atoms with Gasteiger partial charge in [0.1, 0.15) is 18.1 Å². The second kappa shape index (κ2) is 8.95. The van der Waals surface area contributed by atoms with Gasteiger partial charge in [0.2, 0.25) is 0 Å². The molecule has 0 spiro atoms. The number of ether oxygens (including phenoxy) is 2. The molecule has 1 atom stereocenters. The van der Waals surface area contributed by atoms with Gasteiger partial charge >= 0.3 is 0 Å². The Bertz CT molecular complexity index is 1220. The molecule has 5 rings (SSSR count). The Labute approximate surface area is 202 Å². The van der Waals surface area contributed by atoms with E-state index in [4.69, 9.17) is 9.47 Å². The molecule has 0 bridgehead atoms. The average molecular weight is 459 g/mol. The minimum Gasteiger partial charge on any atom is -0.492 e. The molecule has 1 N–H and O–H groups in total. The third-order valence-corrected chi connectivity index (χ3v) is 7.16. The molecular weight excluding hydrogens is 424 g/mol. The molecule has 5 nitrogen and oxygen atoms in total. The van der Waals surface area contributed by atoms with Gasteiger partial charge in [-0.25, -0.2) is 0 Å². The van der Waals surface area contributed by atoms with Crippen molar-refractivity contribution in [2.45, 2.75) is 57.7 Å². The lowest BCUT2D eigenvalue weighted by atomic mass is 9.95. The Hall–Kier alpha value is -3.05. The van der Waals surface area contributed by atoms with Crippen molar-refractivity contribution in [1.82, 2.24) is 10.2 Å². The van der Waals surface area contributed by atoms with E-state index in [0.29, 0.717) is 18.2 Å². The van der Waals surface area contributed by atoms with Crippen molar-refractivity contribution in [3.63, 3.8) is 0 Å². The lowest BCUT2D eigenvalue weighted by Gasteiger charge is -2.37. The van der Waals surface area contributed by atoms with Crippen molar-refractivity contribution in [2.75, 3.05) is 20.2 Å². The van der Waals surface area contributed by atoms with Crippen molar-refractivity contribution in [3.8, 4) is 11.5 Å². The first-order chi connectivity index (χ1) is 16.3. The molecule has 1 saturated carbocycles. The SMILES string of the molecule is Cc1ccc(OCC2CCN2C)cc1C(=O)NC1(c2cc(OC(C)C)cc3ccccc23)CC1. The molecule has 0 aromatic heterocycles. The summed E-state index contributed by atoms with van der Waals surface area (Å²) in [7, 11) is 2.12. The number of aryl methyl sites for hydroxylation is 1. The number of hydrogen-bond donors (Lipinski definition) is 1. The maximum Gasteiger partial charge on any atom is 0.252 e. The molecule has 1 aliphatic carbocycles. The zero-order valence-electron chi connectivity index (χ0n) is 20.6. The van der Waals surface area contributed by atoms with Crippen molar-refractivity contribution in [2.24, 2.45) is 0 Å². The van der Waals surface area contributed by atoms with Crippen LogP contribution in [0, 0.1) is 6.92 Å². The van der Waals surface area contributed by atoms with E-state index in [1.165, 1.54) is 0 Å². The number of likely N-dealkylation sites (tertiary alicyclic amines) is 1. The van der Waals surface area contributed by atoms with Gasteiger partial charge in [0.05, 0.1) is 11.6 Å². The minimum absolute atomic E-state index is 0.0551. The molecule has 178 valence electrons. The normalized spacial score (nSPS) is 19.0. The third kappa shape index (κ3) is 4.49. The summed E-state index contributed by atoms with van der Waals surface area (Å²) in [5.74, 6) is 1.54. The summed E-state index contributed by atoms with van der Waals surface area (Å²) in [6.07, 6.45) is 3.07. The highest BCUT2D eigenvalue weighted by Gasteiger charge is 2.47. The maximum atomic E-state index is 13.5. The van der Waals surface area contributed by atoms with Crippen LogP contribution in [-0.4, -0.2) is 43.2 Å². The first-order valence-electron chi connectivity index (χ1n) is 12.3. The molecule has 3 aromatic rings. The summed E-state index contributed by atoms with van der Waals surface area (Å²) >= 11 is 0. The van der Waals surface area contributed by atoms with Gasteiger partial charge in [0, 0.05) is 11.6 Å². The van der Waals surface area contributed by atoms with Crippen molar-refractivity contribution >= 4 is 16.7 Å². The highest BCUT2D eigenvalue weighted by Crippen LogP contribution is 2.49. The molecule has 1 saturated heterocycles. The summed E-state index contributed by atoms with van der Waals surface area (Å²) < 4.78 is 12.1. The molecular formula is C29H34N2O3. The predicted octanol–water partition coefficient (Wildman–Crippen LogP) is 5.44. The van der Waals surface area contributed by atoms with E-state index >= 15 is 0 Å². The van der Waals surface area contributed by atoms with Crippen LogP contribution < -0.4 is 14.8 Å². The largest absolute Gasteiger partial charge is 0.492 e. The lowest BCUT2D eigenvalue weighted by molar-refractivity contribution is 0.0767. The fourth-order valence-corrected chi connectivity index (χ4v) is 4.80. The molecule has 34 heavy (non-hydrogen) atoms. The highest BCUT2D eigenvalue weighted by molar-refractivity contribution is 5.98. The van der Waals surface area contributed by atoms with E-state index in [9.17, 15) is 4.79 Å². The Balaban J connectivity index is 1.40. The average Bonchev–Trinajstić information content (AvgIpc) is 3.58. The Morgan fingerprint density at radius 2 is 1.91 bits per heavy atom. The predicted molar refractivity (Wildman–Crippen MR) is 136 cm³/mol. The highest BCUT2D eigenvalue weighted by atomic mass is 16.5. The molecule has 5 heteroatoms. The fraction of sp³-hybridized carbons (Fsp3) is 0.414. The van der Waals surface area contributed by atoms with E-state index in [1.807, 2.05) is 45.0 Å². The second-order valence-electron chi connectivity index (χ2n) is 10.1. The van der Waals surface area contributed by atoms with E-state index in [-0.39, 0.29) is 17.6 Å². The molecule has 2 fully saturated rings. The Morgan fingerprint density at radius 1 is 1.12 bits per heavy atom. The van der Waals surface area contributed by atoms with Crippen LogP contribution >= 0.6 is 0 Å². The zero-order chi connectivity index (χ0) is 23.9. The Kier molecular flexibility index (Phi) is 5.98. The fourth-order valence-electron chi connectivity index (χ4n) is 4.80. The van der Waals surface area contributed by atoms with E-state index in [0.717, 1.165) is 59.2 Å². The molecule has 3 aromatic carbocycles. The topological polar surface area (TPSA) is 50.8 Å². The van der Waals surface area contributed by atoms with Gasteiger partial charge in [0.25, 0.3) is 5.91 Å². The first-order valence-corrected chi connectivity index (χ1v) is 12.3. The van der Waals surface area contributed by atoms with Crippen LogP contribution in [0.3, 0.4) is 0 Å². The Morgan fingerprint density at radius 3 is 2.59 bits per heavy atom. The summed E-state index contributed by atoms with van der Waals surface area (Å²) in [4.78, 5) is 15.8. The monoisotopic (exact) mass is 458 g/mol. The van der Waals surface area contributed by atoms with Gasteiger partial charge in [0.15, 0.2) is 0 Å². The van der Waals surface area contributed by atoms with Gasteiger partial charge in [-0.15, -0.1) is 0 Å². The van der Waals surface area contributed by atoms with Crippen LogP contribution in [0.5, 0.6) is 11.5 Å². The molecule has 1 heterocycles. The number of hydrogen-bond acceptors (Lipinski definition) is 4. The first kappa shape index (κ1) is 22.7. The van der Waals surface area contributed by atoms with Crippen LogP contribution in [0.1, 0.15) is 54.6 Å². The van der Waals surface area contributed by atoms with Crippen LogP contribution in [0.2, 0.25) is 0 Å². The molecule has 1 amide bonds. The maximum absolute atomic E-state index is 13.5. The number of likely N-dealkylation sites (N-methyl/N-ethyl adjacent to an activating group) is 1. The summed E-state index contributed by atoms with van der Waals surface area (Å²) in [6, 6.07) is 18.8. The van der Waals surface area contributed by atoms with Gasteiger partial charge < -0.3 is 14.8 Å². The van der Waals surface area contributed by atoms with Crippen LogP contribution in [0.25, 0.3) is 10.8 Å². The van der Waals surface area contributed by atoms with Gasteiger partial charge in [-0.05, 0) is 99.8 Å². The number of carbonyl (C=O) groups excluding carboxylic acids is 1. The standard InChI is InChI=1S/C29H34N2O3/c1-19(2)34-24-15-21-7-5-6-8-25(21)27(17-24)29(12-13-29)30-28(32)26-16-23(10-9-20(26)3)33-18-22-11-14-31(22)4/h5-10,15-17,19,22H,11-14,18H2,1-4H3,(H,30,32). The number of amides is 1. The summed E-state index contributed by atoms with van der Waals surface area (Å²) in [6.45, 7) is 7.81.